The van der Waals surface area contributed by atoms with Crippen molar-refractivity contribution in [3.05, 3.63) is 35.3 Å². The Labute approximate surface area is 137 Å². The summed E-state index contributed by atoms with van der Waals surface area (Å²) in [6.07, 6.45) is 7.02. The molecule has 2 aliphatic rings. The van der Waals surface area contributed by atoms with Crippen molar-refractivity contribution in [2.24, 2.45) is 0 Å². The van der Waals surface area contributed by atoms with Crippen LogP contribution in [0, 0.1) is 6.92 Å². The third-order valence-electron chi connectivity index (χ3n) is 4.60. The first-order valence-electron chi connectivity index (χ1n) is 8.23. The van der Waals surface area contributed by atoms with Crippen molar-refractivity contribution in [3.8, 4) is 0 Å². The highest BCUT2D eigenvalue weighted by Crippen LogP contribution is 2.31. The molecule has 1 aliphatic heterocycles. The van der Waals surface area contributed by atoms with E-state index in [0.29, 0.717) is 5.76 Å². The Kier molecular flexibility index (Phi) is 4.62. The molecule has 0 saturated carbocycles. The number of carbonyl (C=O) groups excluding carboxylic acids is 1. The number of sulfone groups is 1. The van der Waals surface area contributed by atoms with Crippen molar-refractivity contribution in [3.63, 3.8) is 0 Å². The monoisotopic (exact) mass is 337 g/mol. The van der Waals surface area contributed by atoms with Gasteiger partial charge in [0.25, 0.3) is 0 Å². The van der Waals surface area contributed by atoms with Crippen LogP contribution in [0.5, 0.6) is 0 Å². The molecule has 2 heterocycles. The first kappa shape index (κ1) is 16.3. The minimum Gasteiger partial charge on any atom is -0.464 e. The molecule has 23 heavy (non-hydrogen) atoms. The smallest absolute Gasteiger partial charge is 0.250 e. The van der Waals surface area contributed by atoms with Crippen molar-refractivity contribution in [2.75, 3.05) is 18.1 Å². The number of hydrogen-bond acceptors (Lipinski definition) is 4. The lowest BCUT2D eigenvalue weighted by Gasteiger charge is -2.35. The van der Waals surface area contributed by atoms with E-state index >= 15 is 0 Å². The molecule has 0 radical (unpaired) electrons. The fourth-order valence-electron chi connectivity index (χ4n) is 3.31. The van der Waals surface area contributed by atoms with Gasteiger partial charge in [-0.25, -0.2) is 8.42 Å². The molecule has 126 valence electrons. The standard InChI is InChI=1S/C17H23NO4S/c1-13-8-9-16(22-13)15-12-23(20,21)11-10-18(15)17(19)14-6-4-2-3-5-7-14/h6,8-9,15H,2-5,7,10-12H2,1H3/t15-/m1/s1. The average molecular weight is 337 g/mol. The number of rotatable bonds is 2. The largest absolute Gasteiger partial charge is 0.464 e. The third-order valence-corrected chi connectivity index (χ3v) is 6.23. The Morgan fingerprint density at radius 3 is 2.83 bits per heavy atom. The number of carbonyl (C=O) groups is 1. The van der Waals surface area contributed by atoms with E-state index in [1.807, 2.05) is 19.1 Å². The predicted octanol–water partition coefficient (Wildman–Crippen LogP) is 2.78. The Hall–Kier alpha value is -1.56. The fraction of sp³-hybridized carbons (Fsp3) is 0.588. The van der Waals surface area contributed by atoms with E-state index < -0.39 is 15.9 Å². The highest BCUT2D eigenvalue weighted by atomic mass is 32.2. The summed E-state index contributed by atoms with van der Waals surface area (Å²) in [6.45, 7) is 2.06. The van der Waals surface area contributed by atoms with Crippen molar-refractivity contribution in [2.45, 2.75) is 45.1 Å². The van der Waals surface area contributed by atoms with Crippen LogP contribution in [0.1, 0.15) is 49.7 Å². The maximum Gasteiger partial charge on any atom is 0.250 e. The molecule has 6 heteroatoms. The molecule has 0 unspecified atom stereocenters. The van der Waals surface area contributed by atoms with Gasteiger partial charge in [-0.3, -0.25) is 4.79 Å². The van der Waals surface area contributed by atoms with Gasteiger partial charge in [0.1, 0.15) is 17.6 Å². The van der Waals surface area contributed by atoms with Crippen LogP contribution in [0.25, 0.3) is 0 Å². The molecule has 1 aromatic heterocycles. The summed E-state index contributed by atoms with van der Waals surface area (Å²) in [6, 6.07) is 3.08. The highest BCUT2D eigenvalue weighted by Gasteiger charge is 2.37. The Bertz CT molecular complexity index is 717. The van der Waals surface area contributed by atoms with E-state index in [1.54, 1.807) is 11.0 Å². The maximum absolute atomic E-state index is 12.9. The van der Waals surface area contributed by atoms with Crippen molar-refractivity contribution < 1.29 is 17.6 Å². The second-order valence-electron chi connectivity index (χ2n) is 6.41. The van der Waals surface area contributed by atoms with E-state index in [9.17, 15) is 13.2 Å². The summed E-state index contributed by atoms with van der Waals surface area (Å²) >= 11 is 0. The minimum atomic E-state index is -3.15. The summed E-state index contributed by atoms with van der Waals surface area (Å²) in [5, 5.41) is 0. The van der Waals surface area contributed by atoms with E-state index in [1.165, 1.54) is 0 Å². The summed E-state index contributed by atoms with van der Waals surface area (Å²) in [7, 11) is -3.15. The average Bonchev–Trinajstić information content (AvgIpc) is 2.77. The lowest BCUT2D eigenvalue weighted by Crippen LogP contribution is -2.46. The zero-order valence-corrected chi connectivity index (χ0v) is 14.3. The van der Waals surface area contributed by atoms with Crippen LogP contribution in [0.3, 0.4) is 0 Å². The summed E-state index contributed by atoms with van der Waals surface area (Å²) in [4.78, 5) is 14.6. The normalized spacial score (nSPS) is 24.8. The van der Waals surface area contributed by atoms with E-state index in [2.05, 4.69) is 0 Å². The molecule has 3 rings (SSSR count). The topological polar surface area (TPSA) is 67.6 Å². The molecule has 0 N–H and O–H groups in total. The van der Waals surface area contributed by atoms with E-state index in [4.69, 9.17) is 4.42 Å². The highest BCUT2D eigenvalue weighted by molar-refractivity contribution is 7.91. The van der Waals surface area contributed by atoms with Crippen molar-refractivity contribution in [1.29, 1.82) is 0 Å². The van der Waals surface area contributed by atoms with Crippen LogP contribution >= 0.6 is 0 Å². The maximum atomic E-state index is 12.9. The van der Waals surface area contributed by atoms with Crippen LogP contribution in [0.2, 0.25) is 0 Å². The SMILES string of the molecule is Cc1ccc([C@H]2CS(=O)(=O)CCN2C(=O)C2=CCCCCC2)o1. The Balaban J connectivity index is 1.88. The van der Waals surface area contributed by atoms with Crippen LogP contribution < -0.4 is 0 Å². The van der Waals surface area contributed by atoms with Crippen LogP contribution in [0.4, 0.5) is 0 Å². The summed E-state index contributed by atoms with van der Waals surface area (Å²) in [5.41, 5.74) is 0.829. The van der Waals surface area contributed by atoms with E-state index in [0.717, 1.165) is 43.4 Å². The second-order valence-corrected chi connectivity index (χ2v) is 8.63. The van der Waals surface area contributed by atoms with Gasteiger partial charge in [0.2, 0.25) is 5.91 Å². The van der Waals surface area contributed by atoms with Gasteiger partial charge in [-0.15, -0.1) is 0 Å². The van der Waals surface area contributed by atoms with Crippen LogP contribution in [0.15, 0.2) is 28.2 Å². The summed E-state index contributed by atoms with van der Waals surface area (Å²) in [5.74, 6) is 1.24. The Morgan fingerprint density at radius 1 is 1.26 bits per heavy atom. The van der Waals surface area contributed by atoms with Gasteiger partial charge >= 0.3 is 0 Å². The molecule has 1 aromatic rings. The third kappa shape index (κ3) is 3.68. The van der Waals surface area contributed by atoms with Gasteiger partial charge in [0.05, 0.1) is 11.5 Å². The fourth-order valence-corrected chi connectivity index (χ4v) is 4.78. The number of aryl methyl sites for hydroxylation is 1. The number of furan rings is 1. The molecular weight excluding hydrogens is 314 g/mol. The first-order chi connectivity index (χ1) is 11.0. The molecule has 1 saturated heterocycles. The minimum absolute atomic E-state index is 0.0270. The van der Waals surface area contributed by atoms with Gasteiger partial charge in [-0.1, -0.05) is 12.5 Å². The quantitative estimate of drug-likeness (QED) is 0.832. The molecule has 1 amide bonds. The van der Waals surface area contributed by atoms with Gasteiger partial charge in [-0.2, -0.15) is 0 Å². The zero-order valence-electron chi connectivity index (χ0n) is 13.5. The van der Waals surface area contributed by atoms with Gasteiger partial charge in [-0.05, 0) is 44.7 Å². The molecule has 1 aliphatic carbocycles. The Morgan fingerprint density at radius 2 is 2.09 bits per heavy atom. The van der Waals surface area contributed by atoms with Crippen LogP contribution in [-0.2, 0) is 14.6 Å². The van der Waals surface area contributed by atoms with Gasteiger partial charge < -0.3 is 9.32 Å². The van der Waals surface area contributed by atoms with Gasteiger partial charge in [0, 0.05) is 12.1 Å². The van der Waals surface area contributed by atoms with Crippen LogP contribution in [-0.4, -0.2) is 37.3 Å². The van der Waals surface area contributed by atoms with Crippen molar-refractivity contribution in [1.82, 2.24) is 4.90 Å². The first-order valence-corrected chi connectivity index (χ1v) is 10.1. The molecular formula is C17H23NO4S. The van der Waals surface area contributed by atoms with Crippen molar-refractivity contribution >= 4 is 15.7 Å². The van der Waals surface area contributed by atoms with Gasteiger partial charge in [0.15, 0.2) is 9.84 Å². The summed E-state index contributed by atoms with van der Waals surface area (Å²) < 4.78 is 29.7. The zero-order chi connectivity index (χ0) is 16.4. The number of hydrogen-bond donors (Lipinski definition) is 0. The molecule has 1 atom stereocenters. The van der Waals surface area contributed by atoms with E-state index in [-0.39, 0.29) is 24.0 Å². The molecule has 0 bridgehead atoms. The lowest BCUT2D eigenvalue weighted by molar-refractivity contribution is -0.129. The molecule has 0 aromatic carbocycles. The molecule has 0 spiro atoms. The molecule has 1 fully saturated rings. The number of amides is 1. The number of allylic oxidation sites excluding steroid dienone is 1. The predicted molar refractivity (Wildman–Crippen MR) is 87.7 cm³/mol. The lowest BCUT2D eigenvalue weighted by atomic mass is 10.1. The molecule has 5 nitrogen and oxygen atoms in total. The second kappa shape index (κ2) is 6.51. The number of nitrogens with zero attached hydrogens (tertiary/aromatic N) is 1.